The first-order chi connectivity index (χ1) is 13.1. The first-order valence-corrected chi connectivity index (χ1v) is 10.1. The third kappa shape index (κ3) is 4.01. The second-order valence-electron chi connectivity index (χ2n) is 7.97. The number of ether oxygens (including phenoxy) is 1. The number of hydrogen-bond donors (Lipinski definition) is 0. The summed E-state index contributed by atoms with van der Waals surface area (Å²) in [7, 11) is 0. The van der Waals surface area contributed by atoms with Gasteiger partial charge in [0, 0.05) is 57.3 Å². The van der Waals surface area contributed by atoms with Crippen molar-refractivity contribution in [3.05, 3.63) is 30.3 Å². The van der Waals surface area contributed by atoms with Gasteiger partial charge >= 0.3 is 0 Å². The Kier molecular flexibility index (Phi) is 5.45. The Morgan fingerprint density at radius 1 is 1.04 bits per heavy atom. The Hall–Kier alpha value is -1.92. The molecule has 3 aliphatic heterocycles. The summed E-state index contributed by atoms with van der Waals surface area (Å²) >= 11 is 0. The minimum Gasteiger partial charge on any atom is -0.368 e. The van der Waals surface area contributed by atoms with E-state index in [0.29, 0.717) is 12.0 Å². The van der Waals surface area contributed by atoms with E-state index < -0.39 is 0 Å². The molecule has 27 heavy (non-hydrogen) atoms. The molecule has 4 rings (SSSR count). The van der Waals surface area contributed by atoms with Crippen LogP contribution in [0.4, 0.5) is 5.69 Å². The second kappa shape index (κ2) is 7.98. The van der Waals surface area contributed by atoms with Crippen LogP contribution in [-0.2, 0) is 14.3 Å². The highest BCUT2D eigenvalue weighted by Gasteiger charge is 2.38. The van der Waals surface area contributed by atoms with Crippen LogP contribution in [0.15, 0.2) is 30.3 Å². The number of carbonyl (C=O) groups excluding carboxylic acids is 2. The SMILES string of the molecule is CC(=O)N1CCC(N2CC[C@@H]3OCC(=O)N(c4ccccc4)C[C@H]3C2)CC1. The standard InChI is InChI=1S/C21H29N3O3/c1-16(25)22-10-7-18(8-11-22)23-12-9-20-17(13-23)14-24(21(26)15-27-20)19-5-3-2-4-6-19/h2-6,17-18,20H,7-15H2,1H3/t17-,20+/m1/s1. The summed E-state index contributed by atoms with van der Waals surface area (Å²) < 4.78 is 5.98. The lowest BCUT2D eigenvalue weighted by Gasteiger charge is -2.44. The van der Waals surface area contributed by atoms with Gasteiger partial charge < -0.3 is 14.5 Å². The van der Waals surface area contributed by atoms with Crippen LogP contribution < -0.4 is 4.90 Å². The quantitative estimate of drug-likeness (QED) is 0.795. The van der Waals surface area contributed by atoms with Crippen molar-refractivity contribution in [3.8, 4) is 0 Å². The first kappa shape index (κ1) is 18.4. The van der Waals surface area contributed by atoms with Gasteiger partial charge in [-0.2, -0.15) is 0 Å². The molecular weight excluding hydrogens is 342 g/mol. The smallest absolute Gasteiger partial charge is 0.252 e. The van der Waals surface area contributed by atoms with E-state index in [4.69, 9.17) is 4.74 Å². The van der Waals surface area contributed by atoms with Crippen LogP contribution in [0, 0.1) is 5.92 Å². The van der Waals surface area contributed by atoms with Crippen LogP contribution in [0.25, 0.3) is 0 Å². The first-order valence-electron chi connectivity index (χ1n) is 10.1. The zero-order chi connectivity index (χ0) is 18.8. The minimum absolute atomic E-state index is 0.0527. The van der Waals surface area contributed by atoms with Gasteiger partial charge in [0.15, 0.2) is 0 Å². The minimum atomic E-state index is 0.0527. The van der Waals surface area contributed by atoms with Crippen molar-refractivity contribution in [1.82, 2.24) is 9.80 Å². The van der Waals surface area contributed by atoms with E-state index >= 15 is 0 Å². The molecule has 3 fully saturated rings. The lowest BCUT2D eigenvalue weighted by molar-refractivity contribution is -0.131. The summed E-state index contributed by atoms with van der Waals surface area (Å²) in [5, 5.41) is 0. The molecule has 0 radical (unpaired) electrons. The molecule has 3 heterocycles. The molecule has 3 aliphatic rings. The highest BCUT2D eigenvalue weighted by Crippen LogP contribution is 2.29. The number of para-hydroxylation sites is 1. The van der Waals surface area contributed by atoms with Crippen molar-refractivity contribution in [2.24, 2.45) is 5.92 Å². The van der Waals surface area contributed by atoms with Crippen LogP contribution in [-0.4, -0.2) is 73.1 Å². The van der Waals surface area contributed by atoms with Crippen LogP contribution in [0.2, 0.25) is 0 Å². The van der Waals surface area contributed by atoms with E-state index in [1.807, 2.05) is 40.1 Å². The van der Waals surface area contributed by atoms with E-state index in [9.17, 15) is 9.59 Å². The average Bonchev–Trinajstić information content (AvgIpc) is 2.87. The topological polar surface area (TPSA) is 53.1 Å². The fourth-order valence-electron chi connectivity index (χ4n) is 4.76. The highest BCUT2D eigenvalue weighted by molar-refractivity contribution is 5.94. The summed E-state index contributed by atoms with van der Waals surface area (Å²) in [6.45, 7) is 6.25. The Morgan fingerprint density at radius 2 is 1.78 bits per heavy atom. The monoisotopic (exact) mass is 371 g/mol. The molecule has 0 saturated carbocycles. The molecule has 0 unspecified atom stereocenters. The van der Waals surface area contributed by atoms with E-state index in [2.05, 4.69) is 4.90 Å². The number of benzene rings is 1. The van der Waals surface area contributed by atoms with Gasteiger partial charge in [-0.15, -0.1) is 0 Å². The number of nitrogens with zero attached hydrogens (tertiary/aromatic N) is 3. The zero-order valence-electron chi connectivity index (χ0n) is 16.0. The van der Waals surface area contributed by atoms with Gasteiger partial charge in [-0.25, -0.2) is 0 Å². The molecule has 146 valence electrons. The lowest BCUT2D eigenvalue weighted by Crippen LogP contribution is -2.53. The van der Waals surface area contributed by atoms with Crippen molar-refractivity contribution in [2.75, 3.05) is 44.2 Å². The maximum Gasteiger partial charge on any atom is 0.252 e. The average molecular weight is 371 g/mol. The number of amides is 2. The van der Waals surface area contributed by atoms with Crippen LogP contribution in [0.1, 0.15) is 26.2 Å². The molecule has 2 atom stereocenters. The lowest BCUT2D eigenvalue weighted by atomic mass is 9.91. The molecule has 0 aromatic heterocycles. The number of anilines is 1. The maximum absolute atomic E-state index is 12.6. The molecule has 0 spiro atoms. The number of rotatable bonds is 2. The van der Waals surface area contributed by atoms with E-state index in [-0.39, 0.29) is 24.5 Å². The molecule has 2 amide bonds. The number of fused-ring (bicyclic) bond motifs is 1. The van der Waals surface area contributed by atoms with E-state index in [1.165, 1.54) is 0 Å². The molecule has 1 aromatic carbocycles. The van der Waals surface area contributed by atoms with Crippen molar-refractivity contribution in [2.45, 2.75) is 38.3 Å². The molecule has 0 aliphatic carbocycles. The summed E-state index contributed by atoms with van der Waals surface area (Å²) in [6.07, 6.45) is 3.22. The molecule has 0 bridgehead atoms. The summed E-state index contributed by atoms with van der Waals surface area (Å²) in [4.78, 5) is 30.6. The molecule has 0 N–H and O–H groups in total. The molecule has 6 nitrogen and oxygen atoms in total. The Labute approximate surface area is 161 Å². The number of likely N-dealkylation sites (tertiary alicyclic amines) is 2. The third-order valence-corrected chi connectivity index (χ3v) is 6.33. The van der Waals surface area contributed by atoms with Gasteiger partial charge in [0.1, 0.15) is 6.61 Å². The van der Waals surface area contributed by atoms with E-state index in [0.717, 1.165) is 57.7 Å². The number of hydrogen-bond acceptors (Lipinski definition) is 4. The fourth-order valence-corrected chi connectivity index (χ4v) is 4.76. The van der Waals surface area contributed by atoms with Gasteiger partial charge in [0.2, 0.25) is 5.91 Å². The molecule has 1 aromatic rings. The maximum atomic E-state index is 12.6. The Bertz CT molecular complexity index is 673. The van der Waals surface area contributed by atoms with Gasteiger partial charge in [-0.3, -0.25) is 14.5 Å². The van der Waals surface area contributed by atoms with E-state index in [1.54, 1.807) is 6.92 Å². The molecular formula is C21H29N3O3. The van der Waals surface area contributed by atoms with Crippen molar-refractivity contribution in [1.29, 1.82) is 0 Å². The normalized spacial score (nSPS) is 28.0. The molecule has 3 saturated heterocycles. The largest absolute Gasteiger partial charge is 0.368 e. The van der Waals surface area contributed by atoms with Gasteiger partial charge in [-0.05, 0) is 31.4 Å². The number of carbonyl (C=O) groups is 2. The summed E-state index contributed by atoms with van der Waals surface area (Å²) in [6, 6.07) is 10.4. The van der Waals surface area contributed by atoms with Crippen LogP contribution in [0.5, 0.6) is 0 Å². The van der Waals surface area contributed by atoms with Gasteiger partial charge in [0.25, 0.3) is 5.91 Å². The Morgan fingerprint density at radius 3 is 2.48 bits per heavy atom. The summed E-state index contributed by atoms with van der Waals surface area (Å²) in [5.41, 5.74) is 0.957. The second-order valence-corrected chi connectivity index (χ2v) is 7.97. The van der Waals surface area contributed by atoms with Crippen LogP contribution in [0.3, 0.4) is 0 Å². The highest BCUT2D eigenvalue weighted by atomic mass is 16.5. The summed E-state index contributed by atoms with van der Waals surface area (Å²) in [5.74, 6) is 0.564. The number of piperidine rings is 2. The predicted molar refractivity (Wildman–Crippen MR) is 103 cm³/mol. The predicted octanol–water partition coefficient (Wildman–Crippen LogP) is 1.75. The van der Waals surface area contributed by atoms with Gasteiger partial charge in [0.05, 0.1) is 6.10 Å². The molecule has 6 heteroatoms. The Balaban J connectivity index is 1.42. The third-order valence-electron chi connectivity index (χ3n) is 6.33. The fraction of sp³-hybridized carbons (Fsp3) is 0.619. The van der Waals surface area contributed by atoms with Crippen molar-refractivity contribution in [3.63, 3.8) is 0 Å². The van der Waals surface area contributed by atoms with Gasteiger partial charge in [-0.1, -0.05) is 18.2 Å². The van der Waals surface area contributed by atoms with Crippen molar-refractivity contribution < 1.29 is 14.3 Å². The van der Waals surface area contributed by atoms with Crippen LogP contribution >= 0.6 is 0 Å². The zero-order valence-corrected chi connectivity index (χ0v) is 16.0. The van der Waals surface area contributed by atoms with Crippen molar-refractivity contribution >= 4 is 17.5 Å².